The summed E-state index contributed by atoms with van der Waals surface area (Å²) < 4.78 is 5.23. The van der Waals surface area contributed by atoms with Crippen LogP contribution in [0.3, 0.4) is 0 Å². The number of halogens is 1. The standard InChI is InChI=1S/C20H25ClN6O2/c1-14(29-2)9-11-25(13-22)20(23)27-12-17(26-10-3-4-18(26)28)19(24-27)15-5-7-16(21)8-6-15/h5-8,14,17,23H,3-4,9-12H2,1-2H3. The fraction of sp³-hybridized carbons (Fsp3) is 0.500. The van der Waals surface area contributed by atoms with Gasteiger partial charge in [0.15, 0.2) is 6.19 Å². The highest BCUT2D eigenvalue weighted by molar-refractivity contribution is 6.30. The average Bonchev–Trinajstić information content (AvgIpc) is 3.34. The first kappa shape index (κ1) is 21.1. The number of benzene rings is 1. The predicted molar refractivity (Wildman–Crippen MR) is 111 cm³/mol. The first-order chi connectivity index (χ1) is 13.9. The van der Waals surface area contributed by atoms with Crippen LogP contribution in [0.4, 0.5) is 0 Å². The minimum absolute atomic E-state index is 0.00332. The smallest absolute Gasteiger partial charge is 0.228 e. The van der Waals surface area contributed by atoms with Crippen LogP contribution < -0.4 is 0 Å². The largest absolute Gasteiger partial charge is 0.382 e. The zero-order valence-electron chi connectivity index (χ0n) is 16.6. The van der Waals surface area contributed by atoms with E-state index in [1.54, 1.807) is 19.2 Å². The normalized spacial score (nSPS) is 19.9. The molecule has 2 aliphatic heterocycles. The molecule has 154 valence electrons. The highest BCUT2D eigenvalue weighted by Crippen LogP contribution is 2.25. The van der Waals surface area contributed by atoms with Crippen molar-refractivity contribution < 1.29 is 9.53 Å². The van der Waals surface area contributed by atoms with E-state index in [0.29, 0.717) is 43.2 Å². The molecule has 2 aliphatic rings. The van der Waals surface area contributed by atoms with Gasteiger partial charge in [-0.2, -0.15) is 10.4 Å². The van der Waals surface area contributed by atoms with Crippen LogP contribution in [0.15, 0.2) is 29.4 Å². The summed E-state index contributed by atoms with van der Waals surface area (Å²) in [7, 11) is 1.62. The van der Waals surface area contributed by atoms with Gasteiger partial charge in [0, 0.05) is 37.2 Å². The minimum Gasteiger partial charge on any atom is -0.382 e. The van der Waals surface area contributed by atoms with Crippen molar-refractivity contribution >= 4 is 29.2 Å². The Morgan fingerprint density at radius 1 is 1.48 bits per heavy atom. The second kappa shape index (κ2) is 9.25. The molecule has 0 aliphatic carbocycles. The van der Waals surface area contributed by atoms with Gasteiger partial charge in [-0.15, -0.1) is 0 Å². The second-order valence-electron chi connectivity index (χ2n) is 7.19. The van der Waals surface area contributed by atoms with E-state index in [9.17, 15) is 10.1 Å². The molecule has 1 saturated heterocycles. The minimum atomic E-state index is -0.259. The number of rotatable bonds is 6. The van der Waals surface area contributed by atoms with Crippen molar-refractivity contribution in [1.82, 2.24) is 14.8 Å². The lowest BCUT2D eigenvalue weighted by Crippen LogP contribution is -2.46. The molecule has 29 heavy (non-hydrogen) atoms. The van der Waals surface area contributed by atoms with Gasteiger partial charge in [0.2, 0.25) is 11.9 Å². The number of hydrazone groups is 1. The second-order valence-corrected chi connectivity index (χ2v) is 7.63. The number of hydrogen-bond donors (Lipinski definition) is 1. The zero-order valence-corrected chi connectivity index (χ0v) is 17.4. The average molecular weight is 417 g/mol. The molecule has 0 aromatic heterocycles. The molecule has 0 spiro atoms. The van der Waals surface area contributed by atoms with E-state index in [1.165, 1.54) is 9.91 Å². The number of carbonyl (C=O) groups is 1. The molecule has 1 aromatic rings. The fourth-order valence-electron chi connectivity index (χ4n) is 3.51. The van der Waals surface area contributed by atoms with Gasteiger partial charge in [0.05, 0.1) is 24.4 Å². The summed E-state index contributed by atoms with van der Waals surface area (Å²) in [5, 5.41) is 24.8. The molecule has 3 rings (SSSR count). The number of nitriles is 1. The Hall–Kier alpha value is -2.63. The van der Waals surface area contributed by atoms with Crippen molar-refractivity contribution in [2.24, 2.45) is 5.10 Å². The monoisotopic (exact) mass is 416 g/mol. The lowest BCUT2D eigenvalue weighted by atomic mass is 10.0. The van der Waals surface area contributed by atoms with Gasteiger partial charge in [-0.1, -0.05) is 23.7 Å². The number of guanidine groups is 1. The summed E-state index contributed by atoms with van der Waals surface area (Å²) in [6.45, 7) is 3.30. The molecule has 0 bridgehead atoms. The third-order valence-corrected chi connectivity index (χ3v) is 5.55. The Labute approximate surface area is 175 Å². The molecule has 1 fully saturated rings. The summed E-state index contributed by atoms with van der Waals surface area (Å²) in [5.41, 5.74) is 1.57. The van der Waals surface area contributed by atoms with Crippen LogP contribution in [-0.4, -0.2) is 71.3 Å². The number of likely N-dealkylation sites (tertiary alicyclic amines) is 1. The van der Waals surface area contributed by atoms with Gasteiger partial charge >= 0.3 is 0 Å². The summed E-state index contributed by atoms with van der Waals surface area (Å²) in [6.07, 6.45) is 4.01. The molecule has 2 heterocycles. The van der Waals surface area contributed by atoms with Crippen molar-refractivity contribution in [3.05, 3.63) is 34.9 Å². The maximum Gasteiger partial charge on any atom is 0.228 e. The van der Waals surface area contributed by atoms with Crippen LogP contribution in [0.25, 0.3) is 0 Å². The van der Waals surface area contributed by atoms with Crippen LogP contribution in [0.2, 0.25) is 5.02 Å². The lowest BCUT2D eigenvalue weighted by molar-refractivity contribution is -0.128. The van der Waals surface area contributed by atoms with E-state index in [0.717, 1.165) is 12.0 Å². The Kier molecular flexibility index (Phi) is 6.72. The first-order valence-electron chi connectivity index (χ1n) is 9.64. The summed E-state index contributed by atoms with van der Waals surface area (Å²) >= 11 is 6.01. The molecule has 1 aromatic carbocycles. The van der Waals surface area contributed by atoms with Gasteiger partial charge < -0.3 is 9.64 Å². The zero-order chi connectivity index (χ0) is 21.0. The van der Waals surface area contributed by atoms with Crippen LogP contribution in [-0.2, 0) is 9.53 Å². The molecule has 2 unspecified atom stereocenters. The maximum absolute atomic E-state index is 12.4. The van der Waals surface area contributed by atoms with E-state index < -0.39 is 0 Å². The van der Waals surface area contributed by atoms with Crippen molar-refractivity contribution in [1.29, 1.82) is 10.7 Å². The van der Waals surface area contributed by atoms with Crippen LogP contribution >= 0.6 is 11.6 Å². The number of ether oxygens (including phenoxy) is 1. The van der Waals surface area contributed by atoms with Gasteiger partial charge in [-0.3, -0.25) is 10.2 Å². The van der Waals surface area contributed by atoms with Crippen LogP contribution in [0.1, 0.15) is 31.7 Å². The highest BCUT2D eigenvalue weighted by Gasteiger charge is 2.39. The number of amides is 1. The quantitative estimate of drug-likeness (QED) is 0.332. The molecule has 1 amide bonds. The Balaban J connectivity index is 1.83. The third kappa shape index (κ3) is 4.69. The van der Waals surface area contributed by atoms with Crippen LogP contribution in [0, 0.1) is 16.9 Å². The van der Waals surface area contributed by atoms with Crippen LogP contribution in [0.5, 0.6) is 0 Å². The van der Waals surface area contributed by atoms with E-state index in [4.69, 9.17) is 21.7 Å². The topological polar surface area (TPSA) is 96.0 Å². The maximum atomic E-state index is 12.4. The van der Waals surface area contributed by atoms with E-state index in [1.807, 2.05) is 24.0 Å². The Morgan fingerprint density at radius 2 is 2.21 bits per heavy atom. The predicted octanol–water partition coefficient (Wildman–Crippen LogP) is 2.49. The van der Waals surface area contributed by atoms with E-state index >= 15 is 0 Å². The first-order valence-corrected chi connectivity index (χ1v) is 10.0. The van der Waals surface area contributed by atoms with E-state index in [-0.39, 0.29) is 24.0 Å². The van der Waals surface area contributed by atoms with Crippen molar-refractivity contribution in [3.8, 4) is 6.19 Å². The lowest BCUT2D eigenvalue weighted by Gasteiger charge is -2.27. The molecule has 0 radical (unpaired) electrons. The summed E-state index contributed by atoms with van der Waals surface area (Å²) in [5.74, 6) is 0.0903. The molecular formula is C20H25ClN6O2. The molecule has 2 atom stereocenters. The number of hydrogen-bond acceptors (Lipinski definition) is 5. The molecule has 0 saturated carbocycles. The highest BCUT2D eigenvalue weighted by atomic mass is 35.5. The number of nitrogens with one attached hydrogen (secondary N) is 1. The summed E-state index contributed by atoms with van der Waals surface area (Å²) in [6, 6.07) is 7.03. The summed E-state index contributed by atoms with van der Waals surface area (Å²) in [4.78, 5) is 15.5. The van der Waals surface area contributed by atoms with E-state index in [2.05, 4.69) is 11.3 Å². The third-order valence-electron chi connectivity index (χ3n) is 5.30. The van der Waals surface area contributed by atoms with Gasteiger partial charge in [-0.05, 0) is 31.9 Å². The van der Waals surface area contributed by atoms with Crippen molar-refractivity contribution in [2.45, 2.75) is 38.3 Å². The number of methoxy groups -OCH3 is 1. The Bertz CT molecular complexity index is 834. The number of nitrogens with zero attached hydrogens (tertiary/aromatic N) is 5. The number of carbonyl (C=O) groups excluding carboxylic acids is 1. The van der Waals surface area contributed by atoms with Crippen molar-refractivity contribution in [2.75, 3.05) is 26.7 Å². The SMILES string of the molecule is COC(C)CCN(C#N)C(=N)N1CC(N2CCCC2=O)C(c2ccc(Cl)cc2)=N1. The Morgan fingerprint density at radius 3 is 2.79 bits per heavy atom. The van der Waals surface area contributed by atoms with Gasteiger partial charge in [-0.25, -0.2) is 9.91 Å². The molecule has 1 N–H and O–H groups in total. The fourth-order valence-corrected chi connectivity index (χ4v) is 3.63. The molecular weight excluding hydrogens is 392 g/mol. The molecule has 9 heteroatoms. The van der Waals surface area contributed by atoms with Gasteiger partial charge in [0.25, 0.3) is 0 Å². The van der Waals surface area contributed by atoms with Crippen molar-refractivity contribution in [3.63, 3.8) is 0 Å². The molecule has 8 nitrogen and oxygen atoms in total. The van der Waals surface area contributed by atoms with Gasteiger partial charge in [0.1, 0.15) is 0 Å².